The van der Waals surface area contributed by atoms with Crippen molar-refractivity contribution < 1.29 is 13.7 Å². The van der Waals surface area contributed by atoms with Crippen LogP contribution >= 0.6 is 11.3 Å². The molecule has 94 valence electrons. The Labute approximate surface area is 110 Å². The predicted molar refractivity (Wildman–Crippen MR) is 72.0 cm³/mol. The van der Waals surface area contributed by atoms with Gasteiger partial charge in [-0.25, -0.2) is 0 Å². The summed E-state index contributed by atoms with van der Waals surface area (Å²) in [5, 5.41) is 3.63. The zero-order chi connectivity index (χ0) is 12.7. The first-order chi connectivity index (χ1) is 8.70. The van der Waals surface area contributed by atoms with E-state index in [1.165, 1.54) is 11.3 Å². The van der Waals surface area contributed by atoms with E-state index in [2.05, 4.69) is 5.32 Å². The molecule has 18 heavy (non-hydrogen) atoms. The highest BCUT2D eigenvalue weighted by Crippen LogP contribution is 2.36. The van der Waals surface area contributed by atoms with Gasteiger partial charge in [-0.2, -0.15) is 0 Å². The molecule has 0 saturated carbocycles. The Hall–Kier alpha value is -1.40. The summed E-state index contributed by atoms with van der Waals surface area (Å²) in [6.07, 6.45) is 0. The van der Waals surface area contributed by atoms with Crippen LogP contribution in [0.2, 0.25) is 0 Å². The number of benzene rings is 1. The first-order valence-electron chi connectivity index (χ1n) is 5.48. The molecule has 3 rings (SSSR count). The molecule has 1 aromatic carbocycles. The second kappa shape index (κ2) is 4.37. The highest BCUT2D eigenvalue weighted by molar-refractivity contribution is 7.85. The van der Waals surface area contributed by atoms with Crippen molar-refractivity contribution >= 4 is 38.1 Å². The highest BCUT2D eigenvalue weighted by atomic mass is 32.2. The molecular weight excluding hydrogens is 270 g/mol. The summed E-state index contributed by atoms with van der Waals surface area (Å²) in [5.41, 5.74) is 0. The summed E-state index contributed by atoms with van der Waals surface area (Å²) in [6.45, 7) is 0.457. The molecule has 0 bridgehead atoms. The van der Waals surface area contributed by atoms with Crippen LogP contribution < -0.4 is 10.1 Å². The number of methoxy groups -OCH3 is 1. The van der Waals surface area contributed by atoms with E-state index < -0.39 is 10.8 Å². The third kappa shape index (κ3) is 1.72. The average molecular weight is 281 g/mol. The molecule has 1 atom stereocenters. The van der Waals surface area contributed by atoms with Crippen molar-refractivity contribution in [3.8, 4) is 5.75 Å². The van der Waals surface area contributed by atoms with Gasteiger partial charge in [-0.1, -0.05) is 0 Å². The lowest BCUT2D eigenvalue weighted by molar-refractivity contribution is 0.0959. The van der Waals surface area contributed by atoms with E-state index in [1.807, 2.05) is 18.2 Å². The number of thiophene rings is 1. The van der Waals surface area contributed by atoms with Gasteiger partial charge >= 0.3 is 0 Å². The average Bonchev–Trinajstić information content (AvgIpc) is 2.70. The lowest BCUT2D eigenvalue weighted by Crippen LogP contribution is -2.23. The zero-order valence-electron chi connectivity index (χ0n) is 9.69. The standard InChI is InChI=1S/C12H11NO3S2/c1-16-7-2-3-9-8(6-7)11-10(17-9)12(14)13-4-5-18(11)15/h2-3,6H,4-5H2,1H3,(H,13,14). The molecule has 1 aromatic heterocycles. The Balaban J connectivity index is 2.32. The molecule has 1 aliphatic heterocycles. The summed E-state index contributed by atoms with van der Waals surface area (Å²) in [5.74, 6) is 1.04. The van der Waals surface area contributed by atoms with Crippen LogP contribution in [0, 0.1) is 0 Å². The molecule has 0 radical (unpaired) electrons. The minimum atomic E-state index is -1.14. The summed E-state index contributed by atoms with van der Waals surface area (Å²) < 4.78 is 18.4. The molecule has 0 saturated heterocycles. The van der Waals surface area contributed by atoms with E-state index in [0.717, 1.165) is 10.1 Å². The van der Waals surface area contributed by atoms with Gasteiger partial charge in [0.15, 0.2) is 0 Å². The van der Waals surface area contributed by atoms with Gasteiger partial charge in [-0.15, -0.1) is 11.3 Å². The topological polar surface area (TPSA) is 55.4 Å². The van der Waals surface area contributed by atoms with Crippen molar-refractivity contribution in [1.82, 2.24) is 5.32 Å². The van der Waals surface area contributed by atoms with E-state index in [9.17, 15) is 9.00 Å². The van der Waals surface area contributed by atoms with Crippen LogP contribution in [0.1, 0.15) is 9.67 Å². The molecule has 0 aliphatic carbocycles. The number of rotatable bonds is 1. The van der Waals surface area contributed by atoms with E-state index in [-0.39, 0.29) is 5.91 Å². The SMILES string of the molecule is COc1ccc2sc3c(c2c1)S(=O)CCNC3=O. The molecule has 4 nitrogen and oxygen atoms in total. The Kier molecular flexibility index (Phi) is 2.83. The van der Waals surface area contributed by atoms with Crippen molar-refractivity contribution in [3.05, 3.63) is 23.1 Å². The summed E-state index contributed by atoms with van der Waals surface area (Å²) in [6, 6.07) is 5.60. The van der Waals surface area contributed by atoms with Crippen LogP contribution in [0.4, 0.5) is 0 Å². The summed E-state index contributed by atoms with van der Waals surface area (Å²) in [7, 11) is 0.458. The Morgan fingerprint density at radius 3 is 3.06 bits per heavy atom. The van der Waals surface area contributed by atoms with Gasteiger partial charge in [0.25, 0.3) is 5.91 Å². The van der Waals surface area contributed by atoms with Gasteiger partial charge in [0.05, 0.1) is 22.8 Å². The predicted octanol–water partition coefficient (Wildman–Crippen LogP) is 1.76. The van der Waals surface area contributed by atoms with Crippen molar-refractivity contribution in [3.63, 3.8) is 0 Å². The molecule has 2 heterocycles. The van der Waals surface area contributed by atoms with E-state index in [4.69, 9.17) is 4.74 Å². The smallest absolute Gasteiger partial charge is 0.262 e. The molecule has 1 unspecified atom stereocenters. The van der Waals surface area contributed by atoms with Crippen LogP contribution in [0.5, 0.6) is 5.75 Å². The Morgan fingerprint density at radius 1 is 1.44 bits per heavy atom. The van der Waals surface area contributed by atoms with Crippen LogP contribution in [-0.2, 0) is 10.8 Å². The van der Waals surface area contributed by atoms with Gasteiger partial charge in [-0.05, 0) is 18.2 Å². The van der Waals surface area contributed by atoms with Gasteiger partial charge < -0.3 is 10.1 Å². The fraction of sp³-hybridized carbons (Fsp3) is 0.250. The molecule has 6 heteroatoms. The van der Waals surface area contributed by atoms with Crippen molar-refractivity contribution in [2.75, 3.05) is 19.4 Å². The quantitative estimate of drug-likeness (QED) is 0.866. The molecule has 2 aromatic rings. The van der Waals surface area contributed by atoms with Gasteiger partial charge in [-0.3, -0.25) is 9.00 Å². The maximum absolute atomic E-state index is 12.2. The van der Waals surface area contributed by atoms with Gasteiger partial charge in [0, 0.05) is 22.4 Å². The molecule has 1 N–H and O–H groups in total. The number of amides is 1. The van der Waals surface area contributed by atoms with E-state index in [0.29, 0.717) is 27.8 Å². The molecule has 0 spiro atoms. The first kappa shape index (κ1) is 11.7. The summed E-state index contributed by atoms with van der Waals surface area (Å²) >= 11 is 1.38. The van der Waals surface area contributed by atoms with Crippen LogP contribution in [0.15, 0.2) is 23.1 Å². The minimum Gasteiger partial charge on any atom is -0.497 e. The molecule has 0 fully saturated rings. The molecular formula is C12H11NO3S2. The van der Waals surface area contributed by atoms with Gasteiger partial charge in [0.2, 0.25) is 0 Å². The number of carbonyl (C=O) groups excluding carboxylic acids is 1. The zero-order valence-corrected chi connectivity index (χ0v) is 11.3. The number of ether oxygens (including phenoxy) is 1. The van der Waals surface area contributed by atoms with E-state index >= 15 is 0 Å². The van der Waals surface area contributed by atoms with Crippen molar-refractivity contribution in [2.24, 2.45) is 0 Å². The molecule has 1 amide bonds. The molecule has 1 aliphatic rings. The van der Waals surface area contributed by atoms with E-state index in [1.54, 1.807) is 7.11 Å². The van der Waals surface area contributed by atoms with Gasteiger partial charge in [0.1, 0.15) is 10.6 Å². The third-order valence-corrected chi connectivity index (χ3v) is 5.61. The highest BCUT2D eigenvalue weighted by Gasteiger charge is 2.25. The Morgan fingerprint density at radius 2 is 2.28 bits per heavy atom. The first-order valence-corrected chi connectivity index (χ1v) is 7.61. The normalized spacial score (nSPS) is 19.2. The lowest BCUT2D eigenvalue weighted by atomic mass is 10.2. The second-order valence-electron chi connectivity index (χ2n) is 3.93. The van der Waals surface area contributed by atoms with Crippen LogP contribution in [0.25, 0.3) is 10.1 Å². The number of hydrogen-bond acceptors (Lipinski definition) is 4. The van der Waals surface area contributed by atoms with Crippen molar-refractivity contribution in [1.29, 1.82) is 0 Å². The fourth-order valence-corrected chi connectivity index (χ4v) is 4.66. The lowest BCUT2D eigenvalue weighted by Gasteiger charge is -2.01. The maximum Gasteiger partial charge on any atom is 0.262 e. The number of nitrogens with one attached hydrogen (secondary N) is 1. The summed E-state index contributed by atoms with van der Waals surface area (Å²) in [4.78, 5) is 13.1. The van der Waals surface area contributed by atoms with Crippen LogP contribution in [0.3, 0.4) is 0 Å². The second-order valence-corrected chi connectivity index (χ2v) is 6.49. The number of carbonyl (C=O) groups is 1. The van der Waals surface area contributed by atoms with Crippen molar-refractivity contribution in [2.45, 2.75) is 4.90 Å². The number of hydrogen-bond donors (Lipinski definition) is 1. The van der Waals surface area contributed by atoms with Crippen LogP contribution in [-0.4, -0.2) is 29.5 Å². The third-order valence-electron chi connectivity index (χ3n) is 2.86. The Bertz CT molecular complexity index is 663. The largest absolute Gasteiger partial charge is 0.497 e. The number of fused-ring (bicyclic) bond motifs is 3. The maximum atomic E-state index is 12.2. The minimum absolute atomic E-state index is 0.129. The fourth-order valence-electron chi connectivity index (χ4n) is 2.00. The monoisotopic (exact) mass is 281 g/mol.